The number of anilines is 3. The molecule has 4 aromatic rings. The molecular formula is C27H25FN8O. The second-order valence-corrected chi connectivity index (χ2v) is 9.38. The number of nitriles is 1. The average molecular weight is 497 g/mol. The van der Waals surface area contributed by atoms with Gasteiger partial charge in [-0.05, 0) is 48.7 Å². The Kier molecular flexibility index (Phi) is 5.98. The summed E-state index contributed by atoms with van der Waals surface area (Å²) in [6.07, 6.45) is 5.49. The van der Waals surface area contributed by atoms with Gasteiger partial charge in [-0.3, -0.25) is 14.3 Å². The molecule has 0 unspecified atom stereocenters. The summed E-state index contributed by atoms with van der Waals surface area (Å²) in [4.78, 5) is 28.7. The molecular weight excluding hydrogens is 471 g/mol. The highest BCUT2D eigenvalue weighted by Crippen LogP contribution is 2.40. The van der Waals surface area contributed by atoms with Crippen molar-refractivity contribution in [3.05, 3.63) is 81.8 Å². The molecule has 1 aliphatic carbocycles. The monoisotopic (exact) mass is 496 g/mol. The maximum Gasteiger partial charge on any atom is 0.270 e. The second-order valence-electron chi connectivity index (χ2n) is 9.38. The van der Waals surface area contributed by atoms with Crippen molar-refractivity contribution in [1.82, 2.24) is 24.8 Å². The molecule has 2 fully saturated rings. The van der Waals surface area contributed by atoms with Crippen LogP contribution in [0.15, 0.2) is 53.6 Å². The number of hydrogen-bond donors (Lipinski definition) is 2. The van der Waals surface area contributed by atoms with E-state index in [4.69, 9.17) is 0 Å². The molecule has 0 radical (unpaired) electrons. The van der Waals surface area contributed by atoms with Crippen LogP contribution >= 0.6 is 0 Å². The summed E-state index contributed by atoms with van der Waals surface area (Å²) in [6, 6.07) is 12.3. The predicted molar refractivity (Wildman–Crippen MR) is 139 cm³/mol. The van der Waals surface area contributed by atoms with Crippen LogP contribution in [-0.2, 0) is 6.54 Å². The molecule has 0 spiro atoms. The topological polar surface area (TPSA) is 112 Å². The normalized spacial score (nSPS) is 15.5. The van der Waals surface area contributed by atoms with Gasteiger partial charge in [0.15, 0.2) is 0 Å². The van der Waals surface area contributed by atoms with Crippen LogP contribution in [0.4, 0.5) is 21.7 Å². The predicted octanol–water partition coefficient (Wildman–Crippen LogP) is 3.28. The fourth-order valence-electron chi connectivity index (χ4n) is 4.80. The van der Waals surface area contributed by atoms with Crippen LogP contribution < -0.4 is 21.1 Å². The van der Waals surface area contributed by atoms with E-state index in [1.807, 2.05) is 23.1 Å². The van der Waals surface area contributed by atoms with Crippen molar-refractivity contribution in [2.75, 3.05) is 36.4 Å². The highest BCUT2D eigenvalue weighted by atomic mass is 19.1. The Labute approximate surface area is 212 Å². The van der Waals surface area contributed by atoms with Gasteiger partial charge in [-0.15, -0.1) is 0 Å². The van der Waals surface area contributed by atoms with Gasteiger partial charge in [0.1, 0.15) is 23.1 Å². The number of pyridine rings is 2. The molecule has 2 aliphatic rings. The van der Waals surface area contributed by atoms with E-state index in [0.717, 1.165) is 50.3 Å². The third-order valence-corrected chi connectivity index (χ3v) is 6.83. The summed E-state index contributed by atoms with van der Waals surface area (Å²) in [5.41, 5.74) is 2.98. The molecule has 1 saturated carbocycles. The van der Waals surface area contributed by atoms with Crippen LogP contribution in [0.25, 0.3) is 11.0 Å². The minimum absolute atomic E-state index is 0.0271. The van der Waals surface area contributed by atoms with E-state index in [-0.39, 0.29) is 23.9 Å². The number of benzene rings is 1. The fourth-order valence-corrected chi connectivity index (χ4v) is 4.80. The second kappa shape index (κ2) is 9.59. The van der Waals surface area contributed by atoms with Gasteiger partial charge in [0.2, 0.25) is 5.95 Å². The number of hydrogen-bond acceptors (Lipinski definition) is 8. The Morgan fingerprint density at radius 2 is 2.00 bits per heavy atom. The molecule has 0 atom stereocenters. The van der Waals surface area contributed by atoms with Crippen LogP contribution in [0, 0.1) is 17.1 Å². The van der Waals surface area contributed by atoms with E-state index in [0.29, 0.717) is 28.3 Å². The molecule has 0 bridgehead atoms. The van der Waals surface area contributed by atoms with E-state index in [1.165, 1.54) is 16.7 Å². The third-order valence-electron chi connectivity index (χ3n) is 6.83. The number of fused-ring (bicyclic) bond motifs is 1. The Bertz CT molecular complexity index is 1580. The summed E-state index contributed by atoms with van der Waals surface area (Å²) in [5, 5.41) is 16.4. The Hall–Kier alpha value is -4.36. The number of nitrogens with one attached hydrogen (secondary N) is 2. The summed E-state index contributed by atoms with van der Waals surface area (Å²) in [6.45, 7) is 3.38. The van der Waals surface area contributed by atoms with Gasteiger partial charge in [-0.1, -0.05) is 6.07 Å². The highest BCUT2D eigenvalue weighted by molar-refractivity contribution is 5.77. The van der Waals surface area contributed by atoms with Gasteiger partial charge < -0.3 is 15.5 Å². The first kappa shape index (κ1) is 23.1. The molecule has 186 valence electrons. The van der Waals surface area contributed by atoms with E-state index in [2.05, 4.69) is 25.6 Å². The smallest absolute Gasteiger partial charge is 0.270 e. The lowest BCUT2D eigenvalue weighted by molar-refractivity contribution is 0.566. The van der Waals surface area contributed by atoms with E-state index in [9.17, 15) is 14.4 Å². The zero-order chi connectivity index (χ0) is 25.4. The van der Waals surface area contributed by atoms with Crippen molar-refractivity contribution < 1.29 is 4.39 Å². The number of halogens is 1. The lowest BCUT2D eigenvalue weighted by Gasteiger charge is -2.29. The quantitative estimate of drug-likeness (QED) is 0.418. The maximum absolute atomic E-state index is 14.9. The van der Waals surface area contributed by atoms with Crippen LogP contribution in [0.2, 0.25) is 0 Å². The van der Waals surface area contributed by atoms with Crippen LogP contribution in [0.1, 0.15) is 35.6 Å². The molecule has 37 heavy (non-hydrogen) atoms. The van der Waals surface area contributed by atoms with Gasteiger partial charge in [-0.25, -0.2) is 9.37 Å². The SMILES string of the molecule is N#Cc1cc2cnc(Nc3ccc(N4CCNCC4)c(F)c3)nc2n(Cc2cccnc2C2CC2)c1=O. The Balaban J connectivity index is 1.35. The van der Waals surface area contributed by atoms with E-state index in [1.54, 1.807) is 24.5 Å². The average Bonchev–Trinajstić information content (AvgIpc) is 3.77. The zero-order valence-electron chi connectivity index (χ0n) is 20.1. The molecule has 0 amide bonds. The third kappa shape index (κ3) is 4.61. The molecule has 1 saturated heterocycles. The molecule has 6 rings (SSSR count). The summed E-state index contributed by atoms with van der Waals surface area (Å²) >= 11 is 0. The number of nitrogens with zero attached hydrogens (tertiary/aromatic N) is 6. The fraction of sp³-hybridized carbons (Fsp3) is 0.296. The van der Waals surface area contributed by atoms with Crippen molar-refractivity contribution in [2.45, 2.75) is 25.3 Å². The minimum Gasteiger partial charge on any atom is -0.367 e. The van der Waals surface area contributed by atoms with Crippen molar-refractivity contribution in [1.29, 1.82) is 5.26 Å². The van der Waals surface area contributed by atoms with Crippen LogP contribution in [0.5, 0.6) is 0 Å². The van der Waals surface area contributed by atoms with E-state index >= 15 is 0 Å². The van der Waals surface area contributed by atoms with Gasteiger partial charge >= 0.3 is 0 Å². The lowest BCUT2D eigenvalue weighted by atomic mass is 10.1. The zero-order valence-corrected chi connectivity index (χ0v) is 20.1. The van der Waals surface area contributed by atoms with Crippen molar-refractivity contribution in [3.8, 4) is 6.07 Å². The number of piperazine rings is 1. The minimum atomic E-state index is -0.420. The van der Waals surface area contributed by atoms with Crippen molar-refractivity contribution in [2.24, 2.45) is 0 Å². The van der Waals surface area contributed by atoms with Gasteiger partial charge in [0, 0.05) is 61.3 Å². The molecule has 1 aromatic carbocycles. The molecule has 3 aromatic heterocycles. The Morgan fingerprint density at radius 1 is 1.16 bits per heavy atom. The summed E-state index contributed by atoms with van der Waals surface area (Å²) in [5.74, 6) is 0.309. The molecule has 4 heterocycles. The number of rotatable bonds is 6. The van der Waals surface area contributed by atoms with Crippen molar-refractivity contribution >= 4 is 28.4 Å². The van der Waals surface area contributed by atoms with Crippen molar-refractivity contribution in [3.63, 3.8) is 0 Å². The van der Waals surface area contributed by atoms with Crippen LogP contribution in [0.3, 0.4) is 0 Å². The van der Waals surface area contributed by atoms with Gasteiger partial charge in [0.05, 0.1) is 12.2 Å². The summed E-state index contributed by atoms with van der Waals surface area (Å²) < 4.78 is 16.4. The first-order valence-corrected chi connectivity index (χ1v) is 12.4. The standard InChI is InChI=1S/C27H25FN8O/c28-22-13-21(5-6-23(22)35-10-8-30-9-11-35)33-27-32-15-20-12-19(14-29)26(37)36(25(20)34-27)16-18-2-1-7-31-24(18)17-3-4-17/h1-2,5-7,12-13,15,17,30H,3-4,8-11,16H2,(H,32,33,34). The molecule has 2 N–H and O–H groups in total. The molecule has 9 nitrogen and oxygen atoms in total. The first-order valence-electron chi connectivity index (χ1n) is 12.4. The summed E-state index contributed by atoms with van der Waals surface area (Å²) in [7, 11) is 0. The Morgan fingerprint density at radius 3 is 2.76 bits per heavy atom. The highest BCUT2D eigenvalue weighted by Gasteiger charge is 2.27. The number of aromatic nitrogens is 4. The van der Waals surface area contributed by atoms with Gasteiger partial charge in [-0.2, -0.15) is 10.2 Å². The first-order chi connectivity index (χ1) is 18.1. The molecule has 1 aliphatic heterocycles. The lowest BCUT2D eigenvalue weighted by Crippen LogP contribution is -2.43. The maximum atomic E-state index is 14.9. The van der Waals surface area contributed by atoms with Crippen LogP contribution in [-0.4, -0.2) is 45.7 Å². The largest absolute Gasteiger partial charge is 0.367 e. The molecule has 10 heteroatoms. The van der Waals surface area contributed by atoms with Gasteiger partial charge in [0.25, 0.3) is 5.56 Å². The van der Waals surface area contributed by atoms with E-state index < -0.39 is 5.56 Å².